The summed E-state index contributed by atoms with van der Waals surface area (Å²) in [6, 6.07) is 3.83. The van der Waals surface area contributed by atoms with Crippen molar-refractivity contribution in [2.75, 3.05) is 0 Å². The zero-order valence-electron chi connectivity index (χ0n) is 7.77. The average Bonchev–Trinajstić information content (AvgIpc) is 2.44. The second-order valence-electron chi connectivity index (χ2n) is 3.52. The SMILES string of the molecule is O=C(O)N[C@H]1Cc2cccc(F)c2[C@H]1O. The summed E-state index contributed by atoms with van der Waals surface area (Å²) >= 11 is 0. The Morgan fingerprint density at radius 2 is 2.27 bits per heavy atom. The van der Waals surface area contributed by atoms with Gasteiger partial charge in [-0.05, 0) is 18.1 Å². The highest BCUT2D eigenvalue weighted by Crippen LogP contribution is 2.33. The Bertz CT molecular complexity index is 408. The third-order valence-electron chi connectivity index (χ3n) is 2.57. The van der Waals surface area contributed by atoms with Crippen molar-refractivity contribution in [1.82, 2.24) is 5.32 Å². The van der Waals surface area contributed by atoms with Gasteiger partial charge in [-0.2, -0.15) is 0 Å². The van der Waals surface area contributed by atoms with Gasteiger partial charge in [0.25, 0.3) is 0 Å². The molecule has 0 aliphatic heterocycles. The summed E-state index contributed by atoms with van der Waals surface area (Å²) in [6.07, 6.45) is -2.00. The molecule has 3 N–H and O–H groups in total. The minimum Gasteiger partial charge on any atom is -0.465 e. The van der Waals surface area contributed by atoms with Crippen LogP contribution in [0.3, 0.4) is 0 Å². The smallest absolute Gasteiger partial charge is 0.404 e. The molecular weight excluding hydrogens is 201 g/mol. The molecule has 5 heteroatoms. The van der Waals surface area contributed by atoms with E-state index in [0.29, 0.717) is 12.0 Å². The largest absolute Gasteiger partial charge is 0.465 e. The van der Waals surface area contributed by atoms with Crippen LogP contribution in [0.5, 0.6) is 0 Å². The lowest BCUT2D eigenvalue weighted by Crippen LogP contribution is -2.36. The van der Waals surface area contributed by atoms with Gasteiger partial charge in [-0.1, -0.05) is 12.1 Å². The fourth-order valence-corrected chi connectivity index (χ4v) is 1.93. The molecule has 0 fully saturated rings. The summed E-state index contributed by atoms with van der Waals surface area (Å²) in [7, 11) is 0. The number of carbonyl (C=O) groups is 1. The molecule has 15 heavy (non-hydrogen) atoms. The minimum absolute atomic E-state index is 0.205. The van der Waals surface area contributed by atoms with Gasteiger partial charge in [-0.25, -0.2) is 9.18 Å². The van der Waals surface area contributed by atoms with E-state index in [4.69, 9.17) is 5.11 Å². The van der Waals surface area contributed by atoms with E-state index >= 15 is 0 Å². The molecule has 0 saturated carbocycles. The Labute approximate surface area is 85.4 Å². The highest BCUT2D eigenvalue weighted by Gasteiger charge is 2.34. The zero-order valence-corrected chi connectivity index (χ0v) is 7.77. The second kappa shape index (κ2) is 3.51. The summed E-state index contributed by atoms with van der Waals surface area (Å²) in [6.45, 7) is 0. The summed E-state index contributed by atoms with van der Waals surface area (Å²) in [5.74, 6) is -0.491. The highest BCUT2D eigenvalue weighted by molar-refractivity contribution is 5.65. The van der Waals surface area contributed by atoms with Crippen molar-refractivity contribution in [2.45, 2.75) is 18.6 Å². The van der Waals surface area contributed by atoms with Crippen LogP contribution in [0.25, 0.3) is 0 Å². The molecule has 4 nitrogen and oxygen atoms in total. The van der Waals surface area contributed by atoms with Crippen molar-refractivity contribution in [3.63, 3.8) is 0 Å². The Hall–Kier alpha value is -1.62. The summed E-state index contributed by atoms with van der Waals surface area (Å²) in [5.41, 5.74) is 0.859. The lowest BCUT2D eigenvalue weighted by Gasteiger charge is -2.14. The molecule has 2 atom stereocenters. The van der Waals surface area contributed by atoms with E-state index in [0.717, 1.165) is 0 Å². The standard InChI is InChI=1S/C10H10FNO3/c11-6-3-1-2-5-4-7(12-10(14)15)9(13)8(5)6/h1-3,7,9,12-13H,4H2,(H,14,15)/t7-,9-/m0/s1. The molecule has 1 aliphatic rings. The van der Waals surface area contributed by atoms with Gasteiger partial charge >= 0.3 is 6.09 Å². The number of rotatable bonds is 1. The first kappa shape index (κ1) is 9.92. The van der Waals surface area contributed by atoms with Crippen LogP contribution in [0.2, 0.25) is 0 Å². The molecule has 0 saturated heterocycles. The van der Waals surface area contributed by atoms with Crippen LogP contribution in [-0.4, -0.2) is 22.3 Å². The number of aliphatic hydroxyl groups is 1. The van der Waals surface area contributed by atoms with Gasteiger partial charge < -0.3 is 15.5 Å². The minimum atomic E-state index is -1.22. The van der Waals surface area contributed by atoms with E-state index < -0.39 is 24.1 Å². The fraction of sp³-hybridized carbons (Fsp3) is 0.300. The van der Waals surface area contributed by atoms with Gasteiger partial charge in [0.05, 0.1) is 6.04 Å². The Kier molecular flexibility index (Phi) is 2.32. The number of nitrogens with one attached hydrogen (secondary N) is 1. The number of carboxylic acid groups (broad SMARTS) is 1. The molecule has 1 aromatic carbocycles. The zero-order chi connectivity index (χ0) is 11.0. The van der Waals surface area contributed by atoms with E-state index in [1.54, 1.807) is 12.1 Å². The van der Waals surface area contributed by atoms with Crippen LogP contribution in [0, 0.1) is 5.82 Å². The van der Waals surface area contributed by atoms with E-state index in [-0.39, 0.29) is 5.56 Å². The first-order valence-corrected chi connectivity index (χ1v) is 4.54. The maximum atomic E-state index is 13.3. The van der Waals surface area contributed by atoms with Crippen molar-refractivity contribution in [1.29, 1.82) is 0 Å². The molecule has 2 rings (SSSR count). The molecule has 1 amide bonds. The number of aliphatic hydroxyl groups excluding tert-OH is 1. The van der Waals surface area contributed by atoms with Gasteiger partial charge in [0.1, 0.15) is 11.9 Å². The van der Waals surface area contributed by atoms with Gasteiger partial charge in [-0.15, -0.1) is 0 Å². The van der Waals surface area contributed by atoms with Crippen LogP contribution in [-0.2, 0) is 6.42 Å². The van der Waals surface area contributed by atoms with E-state index in [9.17, 15) is 14.3 Å². The molecule has 0 aromatic heterocycles. The summed E-state index contributed by atoms with van der Waals surface area (Å²) in [4.78, 5) is 10.4. The van der Waals surface area contributed by atoms with Crippen LogP contribution in [0.4, 0.5) is 9.18 Å². The lowest BCUT2D eigenvalue weighted by atomic mass is 10.1. The van der Waals surface area contributed by atoms with E-state index in [1.165, 1.54) is 6.07 Å². The van der Waals surface area contributed by atoms with Gasteiger partial charge in [0, 0.05) is 5.56 Å². The molecule has 0 heterocycles. The van der Waals surface area contributed by atoms with Gasteiger partial charge in [0.15, 0.2) is 0 Å². The van der Waals surface area contributed by atoms with Crippen molar-refractivity contribution >= 4 is 6.09 Å². The maximum Gasteiger partial charge on any atom is 0.404 e. The summed E-state index contributed by atoms with van der Waals surface area (Å²) in [5, 5.41) is 20.4. The molecule has 0 bridgehead atoms. The number of hydrogen-bond acceptors (Lipinski definition) is 2. The molecular formula is C10H10FNO3. The van der Waals surface area contributed by atoms with E-state index in [1.807, 2.05) is 0 Å². The van der Waals surface area contributed by atoms with Crippen molar-refractivity contribution in [2.24, 2.45) is 0 Å². The first-order chi connectivity index (χ1) is 7.09. The molecule has 1 aliphatic carbocycles. The number of fused-ring (bicyclic) bond motifs is 1. The second-order valence-corrected chi connectivity index (χ2v) is 3.52. The number of hydrogen-bond donors (Lipinski definition) is 3. The quantitative estimate of drug-likeness (QED) is 0.650. The predicted molar refractivity (Wildman–Crippen MR) is 50.0 cm³/mol. The summed E-state index contributed by atoms with van der Waals surface area (Å²) < 4.78 is 13.3. The number of halogens is 1. The molecule has 0 unspecified atom stereocenters. The Balaban J connectivity index is 2.29. The van der Waals surface area contributed by atoms with Crippen molar-refractivity contribution in [3.8, 4) is 0 Å². The first-order valence-electron chi connectivity index (χ1n) is 4.54. The predicted octanol–water partition coefficient (Wildman–Crippen LogP) is 1.05. The molecule has 0 spiro atoms. The normalized spacial score (nSPS) is 23.6. The maximum absolute atomic E-state index is 13.3. The van der Waals surface area contributed by atoms with Crippen LogP contribution < -0.4 is 5.32 Å². The third kappa shape index (κ3) is 1.66. The van der Waals surface area contributed by atoms with Gasteiger partial charge in [0.2, 0.25) is 0 Å². The Morgan fingerprint density at radius 3 is 2.87 bits per heavy atom. The van der Waals surface area contributed by atoms with Crippen molar-refractivity contribution in [3.05, 3.63) is 35.1 Å². The van der Waals surface area contributed by atoms with Crippen LogP contribution in [0.15, 0.2) is 18.2 Å². The topological polar surface area (TPSA) is 69.6 Å². The molecule has 1 aromatic rings. The van der Waals surface area contributed by atoms with E-state index in [2.05, 4.69) is 5.32 Å². The van der Waals surface area contributed by atoms with Crippen LogP contribution in [0.1, 0.15) is 17.2 Å². The monoisotopic (exact) mass is 211 g/mol. The van der Waals surface area contributed by atoms with Crippen molar-refractivity contribution < 1.29 is 19.4 Å². The molecule has 80 valence electrons. The average molecular weight is 211 g/mol. The third-order valence-corrected chi connectivity index (χ3v) is 2.57. The highest BCUT2D eigenvalue weighted by atomic mass is 19.1. The van der Waals surface area contributed by atoms with Crippen LogP contribution >= 0.6 is 0 Å². The molecule has 0 radical (unpaired) electrons. The number of amides is 1. The fourth-order valence-electron chi connectivity index (χ4n) is 1.93. The lowest BCUT2D eigenvalue weighted by molar-refractivity contribution is 0.129. The van der Waals surface area contributed by atoms with Gasteiger partial charge in [-0.3, -0.25) is 0 Å². The Morgan fingerprint density at radius 1 is 1.53 bits per heavy atom. The number of benzene rings is 1.